The maximum absolute atomic E-state index is 12.5. The third kappa shape index (κ3) is 5.54. The summed E-state index contributed by atoms with van der Waals surface area (Å²) in [5, 5.41) is 4.38. The van der Waals surface area contributed by atoms with Crippen molar-refractivity contribution in [2.75, 3.05) is 13.7 Å². The number of carbonyl (C=O) groups is 2. The fourth-order valence-corrected chi connectivity index (χ4v) is 4.97. The van der Waals surface area contributed by atoms with Crippen LogP contribution in [0.2, 0.25) is 0 Å². The van der Waals surface area contributed by atoms with Crippen LogP contribution in [0.3, 0.4) is 0 Å². The quantitative estimate of drug-likeness (QED) is 0.521. The van der Waals surface area contributed by atoms with Crippen LogP contribution in [0, 0.1) is 5.92 Å². The van der Waals surface area contributed by atoms with Crippen molar-refractivity contribution in [2.45, 2.75) is 70.6 Å². The van der Waals surface area contributed by atoms with Gasteiger partial charge in [0.05, 0.1) is 30.5 Å². The van der Waals surface area contributed by atoms with Crippen LogP contribution in [0.1, 0.15) is 57.6 Å². The lowest BCUT2D eigenvalue weighted by atomic mass is 10.1. The van der Waals surface area contributed by atoms with E-state index in [1.807, 2.05) is 45.3 Å². The second kappa shape index (κ2) is 10.9. The molecule has 2 aliphatic carbocycles. The number of aryl methyl sites for hydroxylation is 1. The van der Waals surface area contributed by atoms with Crippen molar-refractivity contribution in [3.63, 3.8) is 0 Å². The van der Waals surface area contributed by atoms with Crippen LogP contribution >= 0.6 is 0 Å². The van der Waals surface area contributed by atoms with Crippen molar-refractivity contribution < 1.29 is 23.8 Å². The van der Waals surface area contributed by atoms with Gasteiger partial charge in [-0.3, -0.25) is 9.48 Å². The fraction of sp³-hybridized carbons (Fsp3) is 0.577. The zero-order valence-electron chi connectivity index (χ0n) is 20.4. The molecule has 2 saturated carbocycles. The van der Waals surface area contributed by atoms with Gasteiger partial charge in [-0.25, -0.2) is 4.79 Å². The van der Waals surface area contributed by atoms with Crippen LogP contribution in [0.15, 0.2) is 30.5 Å². The second-order valence-electron chi connectivity index (χ2n) is 9.26. The Morgan fingerprint density at radius 1 is 1.09 bits per heavy atom. The molecule has 4 rings (SSSR count). The van der Waals surface area contributed by atoms with E-state index in [9.17, 15) is 9.59 Å². The monoisotopic (exact) mass is 469 g/mol. The van der Waals surface area contributed by atoms with Crippen molar-refractivity contribution in [3.8, 4) is 16.9 Å². The average Bonchev–Trinajstić information content (AvgIpc) is 3.60. The molecule has 2 atom stereocenters. The number of benzene rings is 1. The van der Waals surface area contributed by atoms with Crippen molar-refractivity contribution in [3.05, 3.63) is 36.2 Å². The highest BCUT2D eigenvalue weighted by Gasteiger charge is 2.32. The predicted octanol–water partition coefficient (Wildman–Crippen LogP) is 4.71. The van der Waals surface area contributed by atoms with Crippen LogP contribution in [-0.2, 0) is 27.9 Å². The molecule has 0 aliphatic heterocycles. The van der Waals surface area contributed by atoms with Gasteiger partial charge in [-0.1, -0.05) is 25.0 Å². The molecule has 8 heteroatoms. The van der Waals surface area contributed by atoms with Crippen LogP contribution in [0.4, 0.5) is 4.79 Å². The molecule has 1 aromatic carbocycles. The van der Waals surface area contributed by atoms with Crippen molar-refractivity contribution >= 4 is 12.1 Å². The van der Waals surface area contributed by atoms with Gasteiger partial charge in [0.25, 0.3) is 0 Å². The number of carbonyl (C=O) groups excluding carboxylic acids is 2. The van der Waals surface area contributed by atoms with Gasteiger partial charge < -0.3 is 19.1 Å². The molecule has 34 heavy (non-hydrogen) atoms. The number of aromatic nitrogens is 2. The molecule has 0 unspecified atom stereocenters. The molecule has 8 nitrogen and oxygen atoms in total. The largest absolute Gasteiger partial charge is 0.490 e. The molecule has 2 aliphatic rings. The Labute approximate surface area is 201 Å². The summed E-state index contributed by atoms with van der Waals surface area (Å²) >= 11 is 0. The predicted molar refractivity (Wildman–Crippen MR) is 127 cm³/mol. The Hall–Kier alpha value is -3.03. The van der Waals surface area contributed by atoms with E-state index in [4.69, 9.17) is 14.2 Å². The number of hydrogen-bond acceptors (Lipinski definition) is 6. The van der Waals surface area contributed by atoms with E-state index in [0.29, 0.717) is 13.0 Å². The van der Waals surface area contributed by atoms with E-state index in [2.05, 4.69) is 5.10 Å². The van der Waals surface area contributed by atoms with Gasteiger partial charge in [0, 0.05) is 25.7 Å². The lowest BCUT2D eigenvalue weighted by molar-refractivity contribution is -0.147. The summed E-state index contributed by atoms with van der Waals surface area (Å²) in [4.78, 5) is 26.2. The fourth-order valence-electron chi connectivity index (χ4n) is 4.97. The third-order valence-corrected chi connectivity index (χ3v) is 7.03. The van der Waals surface area contributed by atoms with Gasteiger partial charge in [0.1, 0.15) is 12.4 Å². The summed E-state index contributed by atoms with van der Waals surface area (Å²) in [6, 6.07) is 8.12. The maximum atomic E-state index is 12.5. The molecule has 1 heterocycles. The topological polar surface area (TPSA) is 82.9 Å². The Morgan fingerprint density at radius 2 is 1.82 bits per heavy atom. The highest BCUT2D eigenvalue weighted by atomic mass is 16.6. The van der Waals surface area contributed by atoms with Gasteiger partial charge in [0.2, 0.25) is 0 Å². The zero-order valence-corrected chi connectivity index (χ0v) is 20.4. The minimum Gasteiger partial charge on any atom is -0.490 e. The summed E-state index contributed by atoms with van der Waals surface area (Å²) in [5.41, 5.74) is 2.75. The number of hydrogen-bond donors (Lipinski definition) is 0. The summed E-state index contributed by atoms with van der Waals surface area (Å²) in [7, 11) is 3.67. The first kappa shape index (κ1) is 24.1. The summed E-state index contributed by atoms with van der Waals surface area (Å²) in [6.07, 6.45) is 8.28. The molecule has 0 radical (unpaired) electrons. The van der Waals surface area contributed by atoms with E-state index in [-0.39, 0.29) is 36.7 Å². The summed E-state index contributed by atoms with van der Waals surface area (Å²) in [6.45, 7) is 2.40. The molecule has 184 valence electrons. The molecule has 0 spiro atoms. The number of nitrogens with zero attached hydrogens (tertiary/aromatic N) is 3. The standard InChI is InChI=1S/C26H35N3O5/c1-4-32-25(30)19-11-14-22(15-19)34-21-12-9-18(10-13-21)23-16-27-29(3)24(23)17-33-26(31)28(2)20-7-5-6-8-20/h9-10,12-13,16,19-20,22H,4-8,11,14-15,17H2,1-3H3/t19-,22-/m0/s1. The minimum atomic E-state index is -0.291. The summed E-state index contributed by atoms with van der Waals surface area (Å²) in [5.74, 6) is 0.578. The molecule has 2 aromatic rings. The highest BCUT2D eigenvalue weighted by molar-refractivity contribution is 5.73. The molecule has 1 aromatic heterocycles. The Bertz CT molecular complexity index is 981. The first-order valence-corrected chi connectivity index (χ1v) is 12.3. The molecular formula is C26H35N3O5. The lowest BCUT2D eigenvalue weighted by Gasteiger charge is -2.23. The maximum Gasteiger partial charge on any atom is 0.410 e. The molecular weight excluding hydrogens is 434 g/mol. The van der Waals surface area contributed by atoms with Gasteiger partial charge in [-0.05, 0) is 56.7 Å². The molecule has 1 amide bonds. The first-order chi connectivity index (χ1) is 16.5. The van der Waals surface area contributed by atoms with E-state index in [0.717, 1.165) is 48.3 Å². The van der Waals surface area contributed by atoms with Crippen LogP contribution in [-0.4, -0.2) is 52.5 Å². The number of ether oxygens (including phenoxy) is 3. The van der Waals surface area contributed by atoms with Crippen molar-refractivity contribution in [2.24, 2.45) is 13.0 Å². The van der Waals surface area contributed by atoms with E-state index < -0.39 is 0 Å². The van der Waals surface area contributed by atoms with Crippen molar-refractivity contribution in [1.82, 2.24) is 14.7 Å². The van der Waals surface area contributed by atoms with Gasteiger partial charge in [0.15, 0.2) is 0 Å². The van der Waals surface area contributed by atoms with Gasteiger partial charge in [-0.2, -0.15) is 5.10 Å². The number of rotatable bonds is 8. The smallest absolute Gasteiger partial charge is 0.410 e. The molecule has 0 N–H and O–H groups in total. The third-order valence-electron chi connectivity index (χ3n) is 7.03. The van der Waals surface area contributed by atoms with Crippen LogP contribution in [0.5, 0.6) is 5.75 Å². The number of amides is 1. The van der Waals surface area contributed by atoms with Gasteiger partial charge in [-0.15, -0.1) is 0 Å². The highest BCUT2D eigenvalue weighted by Crippen LogP contribution is 2.32. The SMILES string of the molecule is CCOC(=O)[C@H]1CC[C@H](Oc2ccc(-c3cnn(C)c3COC(=O)N(C)C3CCCC3)cc2)C1. The first-order valence-electron chi connectivity index (χ1n) is 12.3. The van der Waals surface area contributed by atoms with Gasteiger partial charge >= 0.3 is 12.1 Å². The summed E-state index contributed by atoms with van der Waals surface area (Å²) < 4.78 is 18.6. The lowest BCUT2D eigenvalue weighted by Crippen LogP contribution is -2.35. The van der Waals surface area contributed by atoms with E-state index in [1.54, 1.807) is 15.8 Å². The zero-order chi connectivity index (χ0) is 24.1. The van der Waals surface area contributed by atoms with Crippen molar-refractivity contribution in [1.29, 1.82) is 0 Å². The van der Waals surface area contributed by atoms with E-state index in [1.165, 1.54) is 12.8 Å². The Morgan fingerprint density at radius 3 is 2.53 bits per heavy atom. The van der Waals surface area contributed by atoms with Crippen LogP contribution in [0.25, 0.3) is 11.1 Å². The average molecular weight is 470 g/mol. The molecule has 0 bridgehead atoms. The second-order valence-corrected chi connectivity index (χ2v) is 9.26. The van der Waals surface area contributed by atoms with Crippen LogP contribution < -0.4 is 4.74 Å². The molecule has 0 saturated heterocycles. The molecule has 2 fully saturated rings. The normalized spacial score (nSPS) is 20.3. The van der Waals surface area contributed by atoms with E-state index >= 15 is 0 Å². The number of esters is 1. The Balaban J connectivity index is 1.35. The Kier molecular flexibility index (Phi) is 7.75. The minimum absolute atomic E-state index is 0.0190.